The number of H-pyrrole nitrogens is 2. The highest BCUT2D eigenvalue weighted by Crippen LogP contribution is 2.20. The van der Waals surface area contributed by atoms with E-state index in [1.807, 2.05) is 60.9 Å². The summed E-state index contributed by atoms with van der Waals surface area (Å²) in [6.07, 6.45) is 4.28. The summed E-state index contributed by atoms with van der Waals surface area (Å²) in [6, 6.07) is 15.1. The van der Waals surface area contributed by atoms with Crippen LogP contribution in [0.2, 0.25) is 0 Å². The molecule has 0 radical (unpaired) electrons. The summed E-state index contributed by atoms with van der Waals surface area (Å²) >= 11 is 0. The van der Waals surface area contributed by atoms with Gasteiger partial charge in [-0.1, -0.05) is 18.2 Å². The van der Waals surface area contributed by atoms with Crippen molar-refractivity contribution in [1.82, 2.24) is 9.97 Å². The van der Waals surface area contributed by atoms with Gasteiger partial charge in [-0.15, -0.1) is 0 Å². The zero-order valence-corrected chi connectivity index (χ0v) is 13.0. The molecule has 5 N–H and O–H groups in total. The lowest BCUT2D eigenvalue weighted by atomic mass is 10.0. The molecule has 1 unspecified atom stereocenters. The SMILES string of the molecule is NC(Cc1c[nH]c2ccccc12)C(=O)Nc1ccc2[nH]ccc2c1. The smallest absolute Gasteiger partial charge is 0.241 e. The fraction of sp³-hybridized carbons (Fsp3) is 0.105. The molecule has 5 nitrogen and oxygen atoms in total. The van der Waals surface area contributed by atoms with Crippen LogP contribution in [0, 0.1) is 0 Å². The first-order valence-corrected chi connectivity index (χ1v) is 7.89. The molecule has 2 heterocycles. The van der Waals surface area contributed by atoms with E-state index in [4.69, 9.17) is 5.73 Å². The first-order valence-electron chi connectivity index (χ1n) is 7.89. The van der Waals surface area contributed by atoms with Crippen LogP contribution in [0.4, 0.5) is 5.69 Å². The van der Waals surface area contributed by atoms with Crippen molar-refractivity contribution in [3.05, 3.63) is 66.5 Å². The molecule has 5 heteroatoms. The van der Waals surface area contributed by atoms with Crippen LogP contribution >= 0.6 is 0 Å². The summed E-state index contributed by atoms with van der Waals surface area (Å²) < 4.78 is 0. The highest BCUT2D eigenvalue weighted by Gasteiger charge is 2.16. The highest BCUT2D eigenvalue weighted by molar-refractivity contribution is 5.97. The first kappa shape index (κ1) is 14.5. The predicted molar refractivity (Wildman–Crippen MR) is 96.9 cm³/mol. The summed E-state index contributed by atoms with van der Waals surface area (Å²) in [5.41, 5.74) is 10.0. The van der Waals surface area contributed by atoms with Crippen LogP contribution in [-0.4, -0.2) is 21.9 Å². The highest BCUT2D eigenvalue weighted by atomic mass is 16.2. The number of aromatic nitrogens is 2. The standard InChI is InChI=1S/C19H18N4O/c20-16(10-13-11-22-18-4-2-1-3-15(13)18)19(24)23-14-5-6-17-12(9-14)7-8-21-17/h1-9,11,16,21-22H,10,20H2,(H,23,24). The van der Waals surface area contributed by atoms with Crippen molar-refractivity contribution in [3.8, 4) is 0 Å². The summed E-state index contributed by atoms with van der Waals surface area (Å²) in [5.74, 6) is -0.185. The van der Waals surface area contributed by atoms with Crippen molar-refractivity contribution in [3.63, 3.8) is 0 Å². The number of carbonyl (C=O) groups is 1. The van der Waals surface area contributed by atoms with Crippen molar-refractivity contribution in [2.45, 2.75) is 12.5 Å². The number of aromatic amines is 2. The Labute approximate surface area is 138 Å². The van der Waals surface area contributed by atoms with Crippen molar-refractivity contribution >= 4 is 33.4 Å². The lowest BCUT2D eigenvalue weighted by Gasteiger charge is -2.12. The number of hydrogen-bond acceptors (Lipinski definition) is 2. The van der Waals surface area contributed by atoms with Crippen LogP contribution < -0.4 is 11.1 Å². The minimum absolute atomic E-state index is 0.185. The van der Waals surface area contributed by atoms with Crippen LogP contribution in [0.15, 0.2) is 60.9 Å². The molecule has 120 valence electrons. The molecule has 1 atom stereocenters. The maximum atomic E-state index is 12.4. The maximum Gasteiger partial charge on any atom is 0.241 e. The van der Waals surface area contributed by atoms with E-state index >= 15 is 0 Å². The van der Waals surface area contributed by atoms with E-state index in [2.05, 4.69) is 15.3 Å². The van der Waals surface area contributed by atoms with Crippen molar-refractivity contribution in [2.24, 2.45) is 5.73 Å². The Kier molecular flexibility index (Phi) is 3.55. The Morgan fingerprint density at radius 2 is 1.96 bits per heavy atom. The fourth-order valence-electron chi connectivity index (χ4n) is 3.00. The van der Waals surface area contributed by atoms with E-state index in [0.717, 1.165) is 33.1 Å². The second-order valence-electron chi connectivity index (χ2n) is 5.94. The van der Waals surface area contributed by atoms with E-state index < -0.39 is 6.04 Å². The second kappa shape index (κ2) is 5.86. The quantitative estimate of drug-likeness (QED) is 0.466. The zero-order valence-electron chi connectivity index (χ0n) is 13.0. The Morgan fingerprint density at radius 1 is 1.08 bits per heavy atom. The van der Waals surface area contributed by atoms with E-state index in [-0.39, 0.29) is 5.91 Å². The van der Waals surface area contributed by atoms with Gasteiger partial charge in [0.15, 0.2) is 0 Å². The minimum atomic E-state index is -0.605. The Morgan fingerprint density at radius 3 is 2.88 bits per heavy atom. The van der Waals surface area contributed by atoms with Gasteiger partial charge in [-0.25, -0.2) is 0 Å². The van der Waals surface area contributed by atoms with Gasteiger partial charge < -0.3 is 21.0 Å². The summed E-state index contributed by atoms with van der Waals surface area (Å²) in [6.45, 7) is 0. The predicted octanol–water partition coefficient (Wildman–Crippen LogP) is 3.16. The van der Waals surface area contributed by atoms with Gasteiger partial charge in [-0.05, 0) is 42.3 Å². The molecule has 0 spiro atoms. The van der Waals surface area contributed by atoms with Gasteiger partial charge in [0.25, 0.3) is 0 Å². The van der Waals surface area contributed by atoms with Crippen LogP contribution in [-0.2, 0) is 11.2 Å². The molecule has 0 aliphatic heterocycles. The molecule has 24 heavy (non-hydrogen) atoms. The summed E-state index contributed by atoms with van der Waals surface area (Å²) in [5, 5.41) is 5.06. The summed E-state index contributed by atoms with van der Waals surface area (Å²) in [4.78, 5) is 18.7. The third-order valence-electron chi connectivity index (χ3n) is 4.27. The summed E-state index contributed by atoms with van der Waals surface area (Å²) in [7, 11) is 0. The van der Waals surface area contributed by atoms with E-state index in [9.17, 15) is 4.79 Å². The molecular weight excluding hydrogens is 300 g/mol. The number of rotatable bonds is 4. The van der Waals surface area contributed by atoms with Crippen molar-refractivity contribution in [1.29, 1.82) is 0 Å². The lowest BCUT2D eigenvalue weighted by Crippen LogP contribution is -2.37. The van der Waals surface area contributed by atoms with Crippen LogP contribution in [0.1, 0.15) is 5.56 Å². The molecule has 0 bridgehead atoms. The normalized spacial score (nSPS) is 12.5. The molecule has 0 aliphatic carbocycles. The van der Waals surface area contributed by atoms with Gasteiger partial charge in [0.2, 0.25) is 5.91 Å². The number of carbonyl (C=O) groups excluding carboxylic acids is 1. The van der Waals surface area contributed by atoms with E-state index in [0.29, 0.717) is 6.42 Å². The average Bonchev–Trinajstić information content (AvgIpc) is 3.21. The zero-order chi connectivity index (χ0) is 16.5. The minimum Gasteiger partial charge on any atom is -0.361 e. The number of hydrogen-bond donors (Lipinski definition) is 4. The van der Waals surface area contributed by atoms with E-state index in [1.165, 1.54) is 0 Å². The molecule has 2 aromatic carbocycles. The number of anilines is 1. The largest absolute Gasteiger partial charge is 0.361 e. The Bertz CT molecular complexity index is 1010. The fourth-order valence-corrected chi connectivity index (χ4v) is 3.00. The Balaban J connectivity index is 1.49. The lowest BCUT2D eigenvalue weighted by molar-refractivity contribution is -0.117. The molecule has 0 saturated carbocycles. The van der Waals surface area contributed by atoms with Gasteiger partial charge in [0, 0.05) is 39.9 Å². The maximum absolute atomic E-state index is 12.4. The van der Waals surface area contributed by atoms with Crippen LogP contribution in [0.5, 0.6) is 0 Å². The number of fused-ring (bicyclic) bond motifs is 2. The topological polar surface area (TPSA) is 86.7 Å². The van der Waals surface area contributed by atoms with Gasteiger partial charge in [0.05, 0.1) is 6.04 Å². The number of nitrogens with two attached hydrogens (primary N) is 1. The van der Waals surface area contributed by atoms with Crippen LogP contribution in [0.25, 0.3) is 21.8 Å². The molecular formula is C19H18N4O. The number of benzene rings is 2. The number of amides is 1. The third kappa shape index (κ3) is 2.66. The Hall–Kier alpha value is -3.05. The molecule has 1 amide bonds. The third-order valence-corrected chi connectivity index (χ3v) is 4.27. The van der Waals surface area contributed by atoms with Crippen LogP contribution in [0.3, 0.4) is 0 Å². The number of para-hydroxylation sites is 1. The molecule has 0 fully saturated rings. The van der Waals surface area contributed by atoms with Crippen molar-refractivity contribution in [2.75, 3.05) is 5.32 Å². The number of nitrogens with one attached hydrogen (secondary N) is 3. The molecule has 2 aromatic heterocycles. The van der Waals surface area contributed by atoms with E-state index in [1.54, 1.807) is 0 Å². The van der Waals surface area contributed by atoms with Gasteiger partial charge >= 0.3 is 0 Å². The van der Waals surface area contributed by atoms with Crippen molar-refractivity contribution < 1.29 is 4.79 Å². The van der Waals surface area contributed by atoms with Gasteiger partial charge in [-0.2, -0.15) is 0 Å². The average molecular weight is 318 g/mol. The van der Waals surface area contributed by atoms with Gasteiger partial charge in [0.1, 0.15) is 0 Å². The first-order chi connectivity index (χ1) is 11.7. The monoisotopic (exact) mass is 318 g/mol. The molecule has 4 aromatic rings. The molecule has 0 aliphatic rings. The molecule has 4 rings (SSSR count). The van der Waals surface area contributed by atoms with Gasteiger partial charge in [-0.3, -0.25) is 4.79 Å². The second-order valence-corrected chi connectivity index (χ2v) is 5.94. The molecule has 0 saturated heterocycles.